The van der Waals surface area contributed by atoms with Crippen molar-refractivity contribution >= 4 is 22.7 Å². The maximum absolute atomic E-state index is 13.7. The minimum atomic E-state index is -4.46. The Morgan fingerprint density at radius 2 is 1.86 bits per heavy atom. The second-order valence-electron chi connectivity index (χ2n) is 9.51. The number of hydrogen-bond acceptors (Lipinski definition) is 7. The highest BCUT2D eigenvalue weighted by Gasteiger charge is 2.33. The van der Waals surface area contributed by atoms with Gasteiger partial charge in [0.05, 0.1) is 23.2 Å². The number of piperazine rings is 1. The lowest BCUT2D eigenvalue weighted by molar-refractivity contribution is -0.137. The van der Waals surface area contributed by atoms with Gasteiger partial charge in [-0.2, -0.15) is 13.2 Å². The molecule has 0 bridgehead atoms. The van der Waals surface area contributed by atoms with Crippen LogP contribution >= 0.6 is 0 Å². The number of rotatable bonds is 5. The lowest BCUT2D eigenvalue weighted by atomic mass is 9.92. The van der Waals surface area contributed by atoms with Crippen LogP contribution in [0.5, 0.6) is 0 Å². The number of nitrogens with zero attached hydrogens (tertiary/aromatic N) is 4. The first kappa shape index (κ1) is 23.8. The second kappa shape index (κ2) is 9.62. The number of ether oxygens (including phenoxy) is 1. The van der Waals surface area contributed by atoms with Gasteiger partial charge in [0.15, 0.2) is 0 Å². The molecular formula is C24H30F3N7O. The summed E-state index contributed by atoms with van der Waals surface area (Å²) in [4.78, 5) is 18.5. The Morgan fingerprint density at radius 3 is 2.57 bits per heavy atom. The first-order valence-corrected chi connectivity index (χ1v) is 12.0. The van der Waals surface area contributed by atoms with Gasteiger partial charge in [0, 0.05) is 44.6 Å². The topological polar surface area (TPSA) is 91.0 Å². The van der Waals surface area contributed by atoms with E-state index in [4.69, 9.17) is 4.74 Å². The van der Waals surface area contributed by atoms with Crippen LogP contribution < -0.4 is 15.5 Å². The quantitative estimate of drug-likeness (QED) is 0.498. The Hall–Kier alpha value is -2.92. The molecule has 5 rings (SSSR count). The van der Waals surface area contributed by atoms with Crippen LogP contribution in [0.4, 0.5) is 24.8 Å². The minimum Gasteiger partial charge on any atom is -0.381 e. The van der Waals surface area contributed by atoms with Crippen molar-refractivity contribution in [3.8, 4) is 0 Å². The number of alkyl halides is 3. The van der Waals surface area contributed by atoms with Crippen LogP contribution in [0.3, 0.4) is 0 Å². The molecule has 0 spiro atoms. The molecule has 0 aromatic carbocycles. The Balaban J connectivity index is 1.44. The van der Waals surface area contributed by atoms with Crippen molar-refractivity contribution in [2.24, 2.45) is 0 Å². The number of pyridine rings is 1. The molecular weight excluding hydrogens is 459 g/mol. The summed E-state index contributed by atoms with van der Waals surface area (Å²) in [7, 11) is 0. The lowest BCUT2D eigenvalue weighted by Crippen LogP contribution is -2.54. The van der Waals surface area contributed by atoms with Crippen LogP contribution in [0.25, 0.3) is 11.0 Å². The van der Waals surface area contributed by atoms with E-state index in [1.807, 2.05) is 24.9 Å². The molecule has 0 aliphatic carbocycles. The molecule has 8 nitrogen and oxygen atoms in total. The van der Waals surface area contributed by atoms with Gasteiger partial charge in [0.2, 0.25) is 0 Å². The summed E-state index contributed by atoms with van der Waals surface area (Å²) in [5.74, 6) is 1.25. The van der Waals surface area contributed by atoms with E-state index >= 15 is 0 Å². The maximum Gasteiger partial charge on any atom is 0.416 e. The highest BCUT2D eigenvalue weighted by atomic mass is 19.4. The van der Waals surface area contributed by atoms with Crippen molar-refractivity contribution in [1.29, 1.82) is 0 Å². The number of hydrogen-bond donors (Lipinski definition) is 3. The zero-order valence-corrected chi connectivity index (χ0v) is 19.8. The summed E-state index contributed by atoms with van der Waals surface area (Å²) in [6.07, 6.45) is 0.747. The monoisotopic (exact) mass is 489 g/mol. The second-order valence-corrected chi connectivity index (χ2v) is 9.51. The highest BCUT2D eigenvalue weighted by Crippen LogP contribution is 2.35. The third-order valence-electron chi connectivity index (χ3n) is 6.67. The van der Waals surface area contributed by atoms with Gasteiger partial charge in [0.1, 0.15) is 23.6 Å². The molecule has 2 aliphatic heterocycles. The Morgan fingerprint density at radius 1 is 1.11 bits per heavy atom. The van der Waals surface area contributed by atoms with Crippen molar-refractivity contribution in [1.82, 2.24) is 25.3 Å². The Bertz CT molecular complexity index is 1170. The predicted molar refractivity (Wildman–Crippen MR) is 128 cm³/mol. The van der Waals surface area contributed by atoms with Crippen molar-refractivity contribution < 1.29 is 17.9 Å². The van der Waals surface area contributed by atoms with Crippen molar-refractivity contribution in [2.45, 2.75) is 57.4 Å². The molecule has 2 atom stereocenters. The molecule has 3 N–H and O–H groups in total. The predicted octanol–water partition coefficient (Wildman–Crippen LogP) is 4.06. The Kier molecular flexibility index (Phi) is 6.54. The van der Waals surface area contributed by atoms with E-state index in [9.17, 15) is 13.2 Å². The number of halogens is 3. The minimum absolute atomic E-state index is 0.110. The van der Waals surface area contributed by atoms with Gasteiger partial charge in [-0.3, -0.25) is 0 Å². The number of aromatic nitrogens is 4. The highest BCUT2D eigenvalue weighted by molar-refractivity contribution is 5.90. The van der Waals surface area contributed by atoms with Gasteiger partial charge >= 0.3 is 6.18 Å². The molecule has 35 heavy (non-hydrogen) atoms. The zero-order valence-electron chi connectivity index (χ0n) is 19.8. The van der Waals surface area contributed by atoms with Crippen LogP contribution in [-0.4, -0.2) is 58.3 Å². The zero-order chi connectivity index (χ0) is 24.6. The molecule has 2 fully saturated rings. The maximum atomic E-state index is 13.7. The van der Waals surface area contributed by atoms with Crippen LogP contribution in [-0.2, 0) is 17.5 Å². The third-order valence-corrected chi connectivity index (χ3v) is 6.67. The van der Waals surface area contributed by atoms with Crippen molar-refractivity contribution in [2.75, 3.05) is 36.5 Å². The smallest absolute Gasteiger partial charge is 0.381 e. The van der Waals surface area contributed by atoms with Gasteiger partial charge in [-0.15, -0.1) is 0 Å². The summed E-state index contributed by atoms with van der Waals surface area (Å²) < 4.78 is 46.7. The van der Waals surface area contributed by atoms with Gasteiger partial charge in [-0.1, -0.05) is 0 Å². The molecule has 0 amide bonds. The molecule has 188 valence electrons. The van der Waals surface area contributed by atoms with E-state index in [1.54, 1.807) is 0 Å². The summed E-state index contributed by atoms with van der Waals surface area (Å²) >= 11 is 0. The molecule has 0 saturated carbocycles. The lowest BCUT2D eigenvalue weighted by Gasteiger charge is -2.37. The van der Waals surface area contributed by atoms with Crippen LogP contribution in [0.2, 0.25) is 0 Å². The average Bonchev–Trinajstić information content (AvgIpc) is 3.27. The fraction of sp³-hybridized carbons (Fsp3) is 0.542. The Labute approximate surface area is 201 Å². The first-order valence-electron chi connectivity index (χ1n) is 12.0. The molecule has 2 saturated heterocycles. The van der Waals surface area contributed by atoms with Crippen molar-refractivity contribution in [3.05, 3.63) is 41.5 Å². The number of aromatic amines is 1. The largest absolute Gasteiger partial charge is 0.416 e. The standard InChI is InChI=1S/C24H30F3N7O/c1-14-11-34(12-15(2)32-14)20-8-17(24(25,26)27)7-18(33-20)9-28-22-21-19(16-3-5-35-6-4-16)10-29-23(21)31-13-30-22/h7-8,10,13-16,32H,3-6,9,11-12H2,1-2H3,(H2,28,29,30,31)/t14-,15+. The van der Waals surface area contributed by atoms with E-state index in [-0.39, 0.29) is 18.6 Å². The molecule has 0 unspecified atom stereocenters. The van der Waals surface area contributed by atoms with Gasteiger partial charge < -0.3 is 25.3 Å². The van der Waals surface area contributed by atoms with E-state index in [1.165, 1.54) is 6.33 Å². The summed E-state index contributed by atoms with van der Waals surface area (Å²) in [6.45, 7) is 6.74. The summed E-state index contributed by atoms with van der Waals surface area (Å²) in [5.41, 5.74) is 1.41. The summed E-state index contributed by atoms with van der Waals surface area (Å²) in [5, 5.41) is 7.51. The average molecular weight is 490 g/mol. The van der Waals surface area contributed by atoms with Crippen LogP contribution in [0.1, 0.15) is 49.4 Å². The molecule has 5 heterocycles. The number of fused-ring (bicyclic) bond motifs is 1. The first-order chi connectivity index (χ1) is 16.8. The van der Waals surface area contributed by atoms with E-state index in [0.717, 1.165) is 35.9 Å². The van der Waals surface area contributed by atoms with E-state index in [0.29, 0.717) is 55.2 Å². The van der Waals surface area contributed by atoms with E-state index in [2.05, 4.69) is 30.6 Å². The normalized spacial score (nSPS) is 22.0. The molecule has 3 aromatic rings. The number of nitrogens with one attached hydrogen (secondary N) is 3. The van der Waals surface area contributed by atoms with Gasteiger partial charge in [0.25, 0.3) is 0 Å². The third kappa shape index (κ3) is 5.20. The van der Waals surface area contributed by atoms with Gasteiger partial charge in [-0.05, 0) is 50.3 Å². The number of anilines is 2. The van der Waals surface area contributed by atoms with E-state index < -0.39 is 11.7 Å². The number of H-pyrrole nitrogens is 1. The summed E-state index contributed by atoms with van der Waals surface area (Å²) in [6, 6.07) is 2.57. The van der Waals surface area contributed by atoms with Gasteiger partial charge in [-0.25, -0.2) is 15.0 Å². The molecule has 0 radical (unpaired) electrons. The molecule has 3 aromatic heterocycles. The molecule has 11 heteroatoms. The fourth-order valence-corrected chi connectivity index (χ4v) is 5.13. The van der Waals surface area contributed by atoms with Crippen LogP contribution in [0, 0.1) is 0 Å². The molecule has 2 aliphatic rings. The fourth-order valence-electron chi connectivity index (χ4n) is 5.13. The SMILES string of the molecule is C[C@@H]1CN(c2cc(C(F)(F)F)cc(CNc3ncnc4[nH]cc(C5CCOCC5)c34)n2)C[C@H](C)N1. The van der Waals surface area contributed by atoms with Crippen molar-refractivity contribution in [3.63, 3.8) is 0 Å². The van der Waals surface area contributed by atoms with Crippen LogP contribution in [0.15, 0.2) is 24.7 Å².